The van der Waals surface area contributed by atoms with Crippen molar-refractivity contribution in [3.8, 4) is 0 Å². The molecule has 0 heterocycles. The summed E-state index contributed by atoms with van der Waals surface area (Å²) in [6.45, 7) is 3.68. The molecule has 0 aromatic carbocycles. The number of phosphoric ester groups is 1. The highest BCUT2D eigenvalue weighted by molar-refractivity contribution is 7.46. The van der Waals surface area contributed by atoms with Crippen molar-refractivity contribution in [1.82, 2.24) is 0 Å². The van der Waals surface area contributed by atoms with Gasteiger partial charge in [-0.05, 0) is 38.5 Å². The van der Waals surface area contributed by atoms with Crippen molar-refractivity contribution >= 4 is 19.8 Å². The van der Waals surface area contributed by atoms with E-state index < -0.39 is 32.5 Å². The highest BCUT2D eigenvalue weighted by atomic mass is 31.2. The van der Waals surface area contributed by atoms with E-state index in [1.807, 2.05) is 0 Å². The van der Waals surface area contributed by atoms with Gasteiger partial charge in [-0.25, -0.2) is 4.57 Å². The number of hydrogen-bond acceptors (Lipinski definition) is 6. The van der Waals surface area contributed by atoms with Gasteiger partial charge in [-0.2, -0.15) is 0 Å². The molecule has 0 aromatic rings. The van der Waals surface area contributed by atoms with Crippen molar-refractivity contribution in [3.63, 3.8) is 0 Å². The zero-order chi connectivity index (χ0) is 36.1. The summed E-state index contributed by atoms with van der Waals surface area (Å²) in [6, 6.07) is 0. The first-order valence-corrected chi connectivity index (χ1v) is 22.0. The lowest BCUT2D eigenvalue weighted by molar-refractivity contribution is -0.161. The number of ether oxygens (including phenoxy) is 2. The van der Waals surface area contributed by atoms with Crippen LogP contribution in [0.15, 0.2) is 12.2 Å². The first-order chi connectivity index (χ1) is 23.8. The van der Waals surface area contributed by atoms with Gasteiger partial charge in [-0.3, -0.25) is 14.1 Å². The summed E-state index contributed by atoms with van der Waals surface area (Å²) in [7, 11) is -4.75. The summed E-state index contributed by atoms with van der Waals surface area (Å²) in [6.07, 6.45) is 39.3. The van der Waals surface area contributed by atoms with Crippen LogP contribution in [0.3, 0.4) is 0 Å². The number of rotatable bonds is 38. The van der Waals surface area contributed by atoms with E-state index in [2.05, 4.69) is 30.5 Å². The SMILES string of the molecule is CCCCCC/C=C/CCCCCCCC(=O)O[C@H](COC(=O)CCCCCCCCCCCCCCCCCCCC)COP(=O)(O)O. The summed E-state index contributed by atoms with van der Waals surface area (Å²) in [5.41, 5.74) is 0. The number of unbranched alkanes of at least 4 members (excludes halogenated alkanes) is 26. The molecule has 0 radical (unpaired) electrons. The van der Waals surface area contributed by atoms with Crippen molar-refractivity contribution < 1.29 is 37.9 Å². The summed E-state index contributed by atoms with van der Waals surface area (Å²) >= 11 is 0. The zero-order valence-corrected chi connectivity index (χ0v) is 32.8. The third kappa shape index (κ3) is 39.4. The van der Waals surface area contributed by atoms with Crippen molar-refractivity contribution in [2.45, 2.75) is 219 Å². The maximum Gasteiger partial charge on any atom is 0.469 e. The van der Waals surface area contributed by atoms with Gasteiger partial charge in [0, 0.05) is 12.8 Å². The molecular formula is C40H77O8P. The number of hydrogen-bond donors (Lipinski definition) is 2. The van der Waals surface area contributed by atoms with Gasteiger partial charge >= 0.3 is 19.8 Å². The molecule has 0 rings (SSSR count). The largest absolute Gasteiger partial charge is 0.469 e. The minimum atomic E-state index is -4.75. The Balaban J connectivity index is 3.88. The molecule has 0 fully saturated rings. The monoisotopic (exact) mass is 717 g/mol. The molecule has 0 aliphatic carbocycles. The molecule has 8 nitrogen and oxygen atoms in total. The van der Waals surface area contributed by atoms with Crippen molar-refractivity contribution in [2.75, 3.05) is 13.2 Å². The topological polar surface area (TPSA) is 119 Å². The van der Waals surface area contributed by atoms with Crippen LogP contribution in [0.5, 0.6) is 0 Å². The highest BCUT2D eigenvalue weighted by Crippen LogP contribution is 2.36. The van der Waals surface area contributed by atoms with Gasteiger partial charge in [-0.15, -0.1) is 0 Å². The van der Waals surface area contributed by atoms with Crippen LogP contribution in [-0.2, 0) is 28.2 Å². The summed E-state index contributed by atoms with van der Waals surface area (Å²) in [5.74, 6) is -0.884. The second kappa shape index (κ2) is 36.6. The Hall–Kier alpha value is -1.21. The van der Waals surface area contributed by atoms with E-state index in [1.54, 1.807) is 0 Å². The van der Waals surface area contributed by atoms with Gasteiger partial charge < -0.3 is 19.3 Å². The van der Waals surface area contributed by atoms with E-state index in [0.717, 1.165) is 51.4 Å². The van der Waals surface area contributed by atoms with Gasteiger partial charge in [-0.1, -0.05) is 174 Å². The molecule has 0 bridgehead atoms. The molecule has 0 unspecified atom stereocenters. The number of carbonyl (C=O) groups excluding carboxylic acids is 2. The molecule has 0 amide bonds. The first kappa shape index (κ1) is 47.8. The fourth-order valence-corrected chi connectivity index (χ4v) is 6.32. The van der Waals surface area contributed by atoms with E-state index in [1.165, 1.54) is 128 Å². The van der Waals surface area contributed by atoms with Crippen molar-refractivity contribution in [3.05, 3.63) is 12.2 Å². The fraction of sp³-hybridized carbons (Fsp3) is 0.900. The normalized spacial score (nSPS) is 12.5. The van der Waals surface area contributed by atoms with Crippen LogP contribution >= 0.6 is 7.82 Å². The van der Waals surface area contributed by atoms with E-state index in [-0.39, 0.29) is 19.4 Å². The first-order valence-electron chi connectivity index (χ1n) is 20.5. The highest BCUT2D eigenvalue weighted by Gasteiger charge is 2.22. The Morgan fingerprint density at radius 3 is 1.27 bits per heavy atom. The van der Waals surface area contributed by atoms with E-state index in [4.69, 9.17) is 19.3 Å². The predicted molar refractivity (Wildman–Crippen MR) is 202 cm³/mol. The van der Waals surface area contributed by atoms with Gasteiger partial charge in [0.2, 0.25) is 0 Å². The fourth-order valence-electron chi connectivity index (χ4n) is 5.96. The molecule has 0 spiro atoms. The van der Waals surface area contributed by atoms with Crippen LogP contribution in [-0.4, -0.2) is 41.0 Å². The standard InChI is InChI=1S/C40H77O8P/c1-3-5-7-9-11-13-15-17-18-19-20-21-23-24-26-28-30-32-34-39(41)46-36-38(37-47-49(43,44)45)48-40(42)35-33-31-29-27-25-22-16-14-12-10-8-6-4-2/h14,16,38H,3-13,15,17-37H2,1-2H3,(H2,43,44,45)/b16-14+/t38-/m1/s1. The van der Waals surface area contributed by atoms with Crippen molar-refractivity contribution in [2.24, 2.45) is 0 Å². The third-order valence-electron chi connectivity index (χ3n) is 9.03. The molecule has 0 aliphatic rings. The molecule has 0 saturated carbocycles. The maximum atomic E-state index is 12.4. The lowest BCUT2D eigenvalue weighted by atomic mass is 10.0. The summed E-state index contributed by atoms with van der Waals surface area (Å²) in [5, 5.41) is 0. The minimum Gasteiger partial charge on any atom is -0.462 e. The smallest absolute Gasteiger partial charge is 0.462 e. The van der Waals surface area contributed by atoms with E-state index >= 15 is 0 Å². The number of esters is 2. The van der Waals surface area contributed by atoms with Crippen LogP contribution < -0.4 is 0 Å². The van der Waals surface area contributed by atoms with Crippen LogP contribution in [0.25, 0.3) is 0 Å². The maximum absolute atomic E-state index is 12.4. The Morgan fingerprint density at radius 1 is 0.510 bits per heavy atom. The van der Waals surface area contributed by atoms with Gasteiger partial charge in [0.25, 0.3) is 0 Å². The lowest BCUT2D eigenvalue weighted by Gasteiger charge is -2.18. The Morgan fingerprint density at radius 2 is 0.857 bits per heavy atom. The third-order valence-corrected chi connectivity index (χ3v) is 9.52. The average molecular weight is 717 g/mol. The summed E-state index contributed by atoms with van der Waals surface area (Å²) in [4.78, 5) is 42.8. The quantitative estimate of drug-likeness (QED) is 0.0280. The average Bonchev–Trinajstić information content (AvgIpc) is 3.07. The van der Waals surface area contributed by atoms with Crippen LogP contribution in [0.2, 0.25) is 0 Å². The molecule has 0 saturated heterocycles. The molecule has 0 aliphatic heterocycles. The molecule has 0 aromatic heterocycles. The Kier molecular flexibility index (Phi) is 35.7. The molecule has 9 heteroatoms. The molecule has 290 valence electrons. The second-order valence-corrected chi connectivity index (χ2v) is 15.2. The second-order valence-electron chi connectivity index (χ2n) is 14.0. The number of carbonyl (C=O) groups is 2. The molecule has 2 N–H and O–H groups in total. The van der Waals surface area contributed by atoms with E-state index in [0.29, 0.717) is 6.42 Å². The molecular weight excluding hydrogens is 639 g/mol. The minimum absolute atomic E-state index is 0.206. The zero-order valence-electron chi connectivity index (χ0n) is 31.9. The van der Waals surface area contributed by atoms with E-state index in [9.17, 15) is 14.2 Å². The van der Waals surface area contributed by atoms with Gasteiger partial charge in [0.05, 0.1) is 6.61 Å². The molecule has 49 heavy (non-hydrogen) atoms. The number of allylic oxidation sites excluding steroid dienone is 2. The van der Waals surface area contributed by atoms with Gasteiger partial charge in [0.1, 0.15) is 6.61 Å². The Labute approximate surface area is 301 Å². The molecule has 1 atom stereocenters. The number of phosphoric acid groups is 1. The van der Waals surface area contributed by atoms with Crippen LogP contribution in [0.4, 0.5) is 0 Å². The van der Waals surface area contributed by atoms with Crippen molar-refractivity contribution in [1.29, 1.82) is 0 Å². The van der Waals surface area contributed by atoms with Gasteiger partial charge in [0.15, 0.2) is 6.10 Å². The predicted octanol–water partition coefficient (Wildman–Crippen LogP) is 12.2. The lowest BCUT2D eigenvalue weighted by Crippen LogP contribution is -2.29. The van der Waals surface area contributed by atoms with Crippen LogP contribution in [0, 0.1) is 0 Å². The Bertz CT molecular complexity index is 812. The van der Waals surface area contributed by atoms with Crippen LogP contribution in [0.1, 0.15) is 213 Å². The summed E-state index contributed by atoms with van der Waals surface area (Å²) < 4.78 is 26.3.